The Balaban J connectivity index is 0.000000463. The summed E-state index contributed by atoms with van der Waals surface area (Å²) in [6.45, 7) is 0. The van der Waals surface area contributed by atoms with E-state index in [-0.39, 0.29) is 4.90 Å². The molecular weight excluding hydrogens is 410 g/mol. The van der Waals surface area contributed by atoms with Crippen molar-refractivity contribution in [2.24, 2.45) is 0 Å². The molecule has 0 spiro atoms. The first-order chi connectivity index (χ1) is 10.4. The number of hydrogen-bond acceptors (Lipinski definition) is 2. The zero-order valence-corrected chi connectivity index (χ0v) is 15.4. The molecule has 3 nitrogen and oxygen atoms in total. The molecule has 0 atom stereocenters. The fourth-order valence-electron chi connectivity index (χ4n) is 1.05. The van der Waals surface area contributed by atoms with Gasteiger partial charge in [-0.05, 0) is 12.1 Å². The predicted octanol–water partition coefficient (Wildman–Crippen LogP) is 3.51. The molecule has 1 N–H and O–H groups in total. The van der Waals surface area contributed by atoms with Gasteiger partial charge >= 0.3 is 107 Å². The van der Waals surface area contributed by atoms with Crippen molar-refractivity contribution in [1.29, 1.82) is 0 Å². The van der Waals surface area contributed by atoms with E-state index in [9.17, 15) is 47.9 Å². The van der Waals surface area contributed by atoms with Crippen LogP contribution in [0.4, 0.5) is 39.5 Å². The van der Waals surface area contributed by atoms with Crippen LogP contribution in [0.2, 0.25) is 0 Å². The van der Waals surface area contributed by atoms with Gasteiger partial charge in [0.2, 0.25) is 0 Å². The normalized spacial score (nSPS) is 14.0. The molecule has 0 amide bonds. The molecule has 1 aromatic carbocycles. The molecule has 0 aromatic heterocycles. The average molecular weight is 416 g/mol. The summed E-state index contributed by atoms with van der Waals surface area (Å²) in [5.41, 5.74) is 0. The largest absolute Gasteiger partial charge is 0.294 e. The smallest absolute Gasteiger partial charge is 0.282 e. The van der Waals surface area contributed by atoms with Gasteiger partial charge in [0.25, 0.3) is 10.1 Å². The topological polar surface area (TPSA) is 54.4 Å². The van der Waals surface area contributed by atoms with Crippen LogP contribution in [0.1, 0.15) is 0 Å². The van der Waals surface area contributed by atoms with Crippen LogP contribution in [0.5, 0.6) is 0 Å². The van der Waals surface area contributed by atoms with Crippen molar-refractivity contribution in [2.45, 2.75) is 22.9 Å². The van der Waals surface area contributed by atoms with Crippen LogP contribution in [0.25, 0.3) is 0 Å². The van der Waals surface area contributed by atoms with Crippen LogP contribution in [0.3, 0.4) is 0 Å². The van der Waals surface area contributed by atoms with E-state index in [4.69, 9.17) is 4.55 Å². The molecule has 0 aliphatic rings. The van der Waals surface area contributed by atoms with E-state index in [1.807, 2.05) is 0 Å². The number of alkyl halides is 9. The molecule has 0 fully saturated rings. The second kappa shape index (κ2) is 7.80. The van der Waals surface area contributed by atoms with Crippen LogP contribution < -0.4 is 0 Å². The van der Waals surface area contributed by atoms with Gasteiger partial charge in [-0.25, -0.2) is 0 Å². The number of benzene rings is 1. The fourth-order valence-corrected chi connectivity index (χ4v) is 2.04. The molecule has 0 bridgehead atoms. The van der Waals surface area contributed by atoms with E-state index < -0.39 is 77.1 Å². The maximum absolute atomic E-state index is 12.0. The molecule has 14 heteroatoms. The SMILES string of the molecule is FC(F)(F)C(F)(F)C(F)(F)[C](F)(F)[K].O=S(=O)(O)c1ccccc1. The molecular formula is C10H6F9KO3S. The first-order valence-corrected chi connectivity index (χ1v) is 8.58. The van der Waals surface area contributed by atoms with Crippen molar-refractivity contribution in [3.63, 3.8) is 0 Å². The van der Waals surface area contributed by atoms with Gasteiger partial charge in [0.1, 0.15) is 0 Å². The third-order valence-electron chi connectivity index (χ3n) is 2.34. The maximum atomic E-state index is 12.0. The summed E-state index contributed by atoms with van der Waals surface area (Å²) in [5, 5.41) is 0. The number of hydrogen-bond donors (Lipinski definition) is 1. The Kier molecular flexibility index (Phi) is 7.84. The first kappa shape index (κ1) is 24.1. The first-order valence-electron chi connectivity index (χ1n) is 5.58. The monoisotopic (exact) mass is 416 g/mol. The van der Waals surface area contributed by atoms with Gasteiger partial charge in [0, 0.05) is 0 Å². The van der Waals surface area contributed by atoms with E-state index >= 15 is 0 Å². The summed E-state index contributed by atoms with van der Waals surface area (Å²) < 4.78 is 129. The Morgan fingerprint density at radius 1 is 0.792 bits per heavy atom. The fraction of sp³-hybridized carbons (Fsp3) is 0.400. The Morgan fingerprint density at radius 3 is 1.33 bits per heavy atom. The minimum absolute atomic E-state index is 0.0741. The summed E-state index contributed by atoms with van der Waals surface area (Å²) >= 11 is -2.20. The van der Waals surface area contributed by atoms with Crippen LogP contribution in [-0.4, -0.2) is 80.0 Å². The van der Waals surface area contributed by atoms with E-state index in [2.05, 4.69) is 0 Å². The summed E-state index contributed by atoms with van der Waals surface area (Å²) in [6.07, 6.45) is -6.70. The molecule has 1 rings (SSSR count). The van der Waals surface area contributed by atoms with E-state index in [1.165, 1.54) is 12.1 Å². The molecule has 0 unspecified atom stereocenters. The molecule has 0 aliphatic heterocycles. The number of rotatable bonds is 3. The minimum atomic E-state index is -6.72. The van der Waals surface area contributed by atoms with E-state index in [1.54, 1.807) is 18.2 Å². The van der Waals surface area contributed by atoms with Crippen LogP contribution in [0, 0.1) is 0 Å². The molecule has 0 saturated heterocycles. The van der Waals surface area contributed by atoms with Crippen molar-refractivity contribution >= 4 is 59.1 Å². The van der Waals surface area contributed by atoms with Gasteiger partial charge in [-0.3, -0.25) is 4.55 Å². The quantitative estimate of drug-likeness (QED) is 0.466. The molecule has 134 valence electrons. The Hall–Kier alpha value is 0.136. The minimum Gasteiger partial charge on any atom is -0.282 e. The van der Waals surface area contributed by atoms with Crippen molar-refractivity contribution in [3.05, 3.63) is 30.3 Å². The third-order valence-corrected chi connectivity index (χ3v) is 4.19. The Labute approximate surface area is 163 Å². The number of halogens is 9. The van der Waals surface area contributed by atoms with E-state index in [0.717, 1.165) is 0 Å². The molecule has 0 aliphatic carbocycles. The van der Waals surface area contributed by atoms with Gasteiger partial charge in [-0.15, -0.1) is 0 Å². The summed E-state index contributed by atoms with van der Waals surface area (Å²) in [6, 6.07) is 7.42. The molecule has 0 radical (unpaired) electrons. The Morgan fingerprint density at radius 2 is 1.17 bits per heavy atom. The summed E-state index contributed by atoms with van der Waals surface area (Å²) in [7, 11) is -4.00. The van der Waals surface area contributed by atoms with E-state index in [0.29, 0.717) is 0 Å². The molecule has 1 aromatic rings. The third kappa shape index (κ3) is 5.84. The molecule has 24 heavy (non-hydrogen) atoms. The van der Waals surface area contributed by atoms with Crippen molar-refractivity contribution < 1.29 is 52.5 Å². The summed E-state index contributed by atoms with van der Waals surface area (Å²) in [5.74, 6) is -13.1. The van der Waals surface area contributed by atoms with Gasteiger partial charge in [-0.1, -0.05) is 18.2 Å². The average Bonchev–Trinajstić information content (AvgIpc) is 2.36. The second-order valence-corrected chi connectivity index (χ2v) is 7.71. The summed E-state index contributed by atoms with van der Waals surface area (Å²) in [4.78, 5) is -0.0741. The van der Waals surface area contributed by atoms with Gasteiger partial charge in [0.15, 0.2) is 0 Å². The van der Waals surface area contributed by atoms with Crippen LogP contribution >= 0.6 is 0 Å². The second-order valence-electron chi connectivity index (χ2n) is 4.32. The maximum Gasteiger partial charge on any atom is 0.294 e. The van der Waals surface area contributed by atoms with Crippen LogP contribution in [0.15, 0.2) is 35.2 Å². The standard InChI is InChI=1S/C6H6O3S.C4F9.K/c7-10(8,9)6-4-2-1-3-5-6;5-1(6)2(7,8)3(9,10)4(11,12)13;/h1-5H,(H,7,8,9);;. The molecule has 0 saturated carbocycles. The predicted molar refractivity (Wildman–Crippen MR) is 62.9 cm³/mol. The van der Waals surface area contributed by atoms with Crippen molar-refractivity contribution in [2.75, 3.05) is 0 Å². The zero-order valence-electron chi connectivity index (χ0n) is 11.5. The van der Waals surface area contributed by atoms with Gasteiger partial charge in [0.05, 0.1) is 4.90 Å². The molecule has 0 heterocycles. The zero-order chi connectivity index (χ0) is 19.6. The Bertz CT molecular complexity index is 614. The van der Waals surface area contributed by atoms with Crippen molar-refractivity contribution in [1.82, 2.24) is 0 Å². The van der Waals surface area contributed by atoms with Gasteiger partial charge < -0.3 is 0 Å². The van der Waals surface area contributed by atoms with Crippen molar-refractivity contribution in [3.8, 4) is 0 Å². The van der Waals surface area contributed by atoms with Crippen LogP contribution in [-0.2, 0) is 10.1 Å². The van der Waals surface area contributed by atoms with Gasteiger partial charge in [-0.2, -0.15) is 8.42 Å².